The summed E-state index contributed by atoms with van der Waals surface area (Å²) in [6.45, 7) is 5.90. The SMILES string of the molecule is CC[C@H](C)n1c(S[C@@H](C)C(=O)N(C)c2ccccc2)nc2ccccc2c1=O. The highest BCUT2D eigenvalue weighted by atomic mass is 32.2. The van der Waals surface area contributed by atoms with Crippen LogP contribution in [0.25, 0.3) is 10.9 Å². The maximum absolute atomic E-state index is 13.1. The van der Waals surface area contributed by atoms with Gasteiger partial charge in [-0.2, -0.15) is 0 Å². The van der Waals surface area contributed by atoms with Gasteiger partial charge in [0.05, 0.1) is 16.2 Å². The van der Waals surface area contributed by atoms with Crippen LogP contribution in [0.15, 0.2) is 64.5 Å². The summed E-state index contributed by atoms with van der Waals surface area (Å²) in [5.74, 6) is -0.0330. The lowest BCUT2D eigenvalue weighted by molar-refractivity contribution is -0.117. The van der Waals surface area contributed by atoms with Crippen molar-refractivity contribution in [1.29, 1.82) is 0 Å². The zero-order chi connectivity index (χ0) is 20.3. The molecule has 0 saturated heterocycles. The van der Waals surface area contributed by atoms with E-state index in [0.717, 1.165) is 12.1 Å². The van der Waals surface area contributed by atoms with E-state index in [4.69, 9.17) is 4.98 Å². The van der Waals surface area contributed by atoms with Gasteiger partial charge >= 0.3 is 0 Å². The summed E-state index contributed by atoms with van der Waals surface area (Å²) in [5.41, 5.74) is 1.44. The lowest BCUT2D eigenvalue weighted by Gasteiger charge is -2.23. The number of anilines is 1. The second-order valence-electron chi connectivity index (χ2n) is 6.84. The van der Waals surface area contributed by atoms with Crippen molar-refractivity contribution in [1.82, 2.24) is 9.55 Å². The number of fused-ring (bicyclic) bond motifs is 1. The minimum absolute atomic E-state index is 0.00117. The third kappa shape index (κ3) is 3.97. The van der Waals surface area contributed by atoms with Crippen molar-refractivity contribution in [3.8, 4) is 0 Å². The molecule has 0 fully saturated rings. The number of rotatable bonds is 6. The topological polar surface area (TPSA) is 55.2 Å². The molecule has 0 spiro atoms. The normalized spacial score (nSPS) is 13.3. The van der Waals surface area contributed by atoms with E-state index in [9.17, 15) is 9.59 Å². The van der Waals surface area contributed by atoms with Crippen LogP contribution < -0.4 is 10.5 Å². The Morgan fingerprint density at radius 2 is 1.75 bits per heavy atom. The van der Waals surface area contributed by atoms with Crippen LogP contribution in [0.5, 0.6) is 0 Å². The van der Waals surface area contributed by atoms with Gasteiger partial charge in [-0.1, -0.05) is 49.0 Å². The standard InChI is InChI=1S/C22H25N3O2S/c1-5-15(2)25-21(27)18-13-9-10-14-19(18)23-22(25)28-16(3)20(26)24(4)17-11-7-6-8-12-17/h6-16H,5H2,1-4H3/t15-,16-/m0/s1. The largest absolute Gasteiger partial charge is 0.315 e. The molecule has 1 heterocycles. The number of carbonyl (C=O) groups excluding carboxylic acids is 1. The summed E-state index contributed by atoms with van der Waals surface area (Å²) in [5, 5.41) is 0.807. The Hall–Kier alpha value is -2.60. The highest BCUT2D eigenvalue weighted by Crippen LogP contribution is 2.27. The van der Waals surface area contributed by atoms with Crippen LogP contribution >= 0.6 is 11.8 Å². The van der Waals surface area contributed by atoms with E-state index in [1.807, 2.05) is 69.3 Å². The van der Waals surface area contributed by atoms with E-state index >= 15 is 0 Å². The lowest BCUT2D eigenvalue weighted by atomic mass is 10.2. The minimum atomic E-state index is -0.381. The first kappa shape index (κ1) is 20.1. The van der Waals surface area contributed by atoms with Gasteiger partial charge in [0.15, 0.2) is 5.16 Å². The predicted octanol–water partition coefficient (Wildman–Crippen LogP) is 4.51. The second kappa shape index (κ2) is 8.61. The number of aromatic nitrogens is 2. The monoisotopic (exact) mass is 395 g/mol. The molecular formula is C22H25N3O2S. The zero-order valence-electron chi connectivity index (χ0n) is 16.6. The number of nitrogens with zero attached hydrogens (tertiary/aromatic N) is 3. The maximum atomic E-state index is 13.1. The molecule has 5 nitrogen and oxygen atoms in total. The van der Waals surface area contributed by atoms with Gasteiger partial charge in [-0.3, -0.25) is 14.2 Å². The fourth-order valence-corrected chi connectivity index (χ4v) is 4.14. The van der Waals surface area contributed by atoms with Gasteiger partial charge in [0.1, 0.15) is 0 Å². The molecule has 3 rings (SSSR count). The first-order valence-electron chi connectivity index (χ1n) is 9.44. The van der Waals surface area contributed by atoms with Crippen molar-refractivity contribution in [2.75, 3.05) is 11.9 Å². The molecule has 28 heavy (non-hydrogen) atoms. The molecular weight excluding hydrogens is 370 g/mol. The van der Waals surface area contributed by atoms with E-state index in [1.54, 1.807) is 22.6 Å². The minimum Gasteiger partial charge on any atom is -0.315 e. The highest BCUT2D eigenvalue weighted by molar-refractivity contribution is 8.00. The van der Waals surface area contributed by atoms with Crippen molar-refractivity contribution in [2.45, 2.75) is 43.6 Å². The van der Waals surface area contributed by atoms with Gasteiger partial charge in [-0.25, -0.2) is 4.98 Å². The van der Waals surface area contributed by atoms with Crippen LogP contribution in [-0.2, 0) is 4.79 Å². The third-order valence-corrected chi connectivity index (χ3v) is 5.97. The zero-order valence-corrected chi connectivity index (χ0v) is 17.4. The van der Waals surface area contributed by atoms with Crippen LogP contribution in [0.3, 0.4) is 0 Å². The number of hydrogen-bond donors (Lipinski definition) is 0. The molecule has 0 unspecified atom stereocenters. The molecule has 2 aromatic carbocycles. The maximum Gasteiger partial charge on any atom is 0.262 e. The Balaban J connectivity index is 1.96. The second-order valence-corrected chi connectivity index (χ2v) is 8.14. The Kier molecular flexibility index (Phi) is 6.19. The van der Waals surface area contributed by atoms with E-state index < -0.39 is 0 Å². The molecule has 1 aromatic heterocycles. The van der Waals surface area contributed by atoms with Crippen LogP contribution in [-0.4, -0.2) is 27.8 Å². The van der Waals surface area contributed by atoms with E-state index in [-0.39, 0.29) is 22.8 Å². The molecule has 1 amide bonds. The van der Waals surface area contributed by atoms with Gasteiger partial charge in [-0.15, -0.1) is 0 Å². The summed E-state index contributed by atoms with van der Waals surface area (Å²) < 4.78 is 1.72. The van der Waals surface area contributed by atoms with Crippen LogP contribution in [0.1, 0.15) is 33.2 Å². The van der Waals surface area contributed by atoms with Gasteiger partial charge in [-0.05, 0) is 44.5 Å². The summed E-state index contributed by atoms with van der Waals surface area (Å²) in [6.07, 6.45) is 0.805. The number of amides is 1. The van der Waals surface area contributed by atoms with Gasteiger partial charge in [0.25, 0.3) is 5.56 Å². The number of benzene rings is 2. The molecule has 0 saturated carbocycles. The predicted molar refractivity (Wildman–Crippen MR) is 116 cm³/mol. The average Bonchev–Trinajstić information content (AvgIpc) is 2.73. The molecule has 0 aliphatic rings. The first-order chi connectivity index (χ1) is 13.4. The molecule has 0 aliphatic carbocycles. The van der Waals surface area contributed by atoms with Crippen molar-refractivity contribution in [3.05, 3.63) is 65.0 Å². The number of para-hydroxylation sites is 2. The fourth-order valence-electron chi connectivity index (χ4n) is 3.04. The Labute approximate surface area is 169 Å². The van der Waals surface area contributed by atoms with Crippen molar-refractivity contribution in [2.24, 2.45) is 0 Å². The van der Waals surface area contributed by atoms with Crippen LogP contribution in [0.4, 0.5) is 5.69 Å². The molecule has 2 atom stereocenters. The van der Waals surface area contributed by atoms with Crippen LogP contribution in [0.2, 0.25) is 0 Å². The molecule has 0 aliphatic heterocycles. The van der Waals surface area contributed by atoms with E-state index in [0.29, 0.717) is 16.1 Å². The Bertz CT molecular complexity index is 1030. The van der Waals surface area contributed by atoms with E-state index in [1.165, 1.54) is 11.8 Å². The summed E-state index contributed by atoms with van der Waals surface area (Å²) >= 11 is 1.33. The van der Waals surface area contributed by atoms with Crippen LogP contribution in [0, 0.1) is 0 Å². The van der Waals surface area contributed by atoms with Gasteiger partial charge in [0, 0.05) is 18.8 Å². The average molecular weight is 396 g/mol. The van der Waals surface area contributed by atoms with Crippen molar-refractivity contribution in [3.63, 3.8) is 0 Å². The summed E-state index contributed by atoms with van der Waals surface area (Å²) in [6, 6.07) is 16.9. The Morgan fingerprint density at radius 3 is 2.43 bits per heavy atom. The molecule has 6 heteroatoms. The molecule has 0 N–H and O–H groups in total. The smallest absolute Gasteiger partial charge is 0.262 e. The quantitative estimate of drug-likeness (QED) is 0.455. The summed E-state index contributed by atoms with van der Waals surface area (Å²) in [7, 11) is 1.77. The lowest BCUT2D eigenvalue weighted by Crippen LogP contribution is -2.34. The molecule has 146 valence electrons. The van der Waals surface area contributed by atoms with Gasteiger partial charge in [0.2, 0.25) is 5.91 Å². The first-order valence-corrected chi connectivity index (χ1v) is 10.3. The molecule has 0 bridgehead atoms. The van der Waals surface area contributed by atoms with E-state index in [2.05, 4.69) is 0 Å². The number of thioether (sulfide) groups is 1. The fraction of sp³-hybridized carbons (Fsp3) is 0.318. The van der Waals surface area contributed by atoms with Crippen molar-refractivity contribution >= 4 is 34.3 Å². The number of hydrogen-bond acceptors (Lipinski definition) is 4. The third-order valence-electron chi connectivity index (χ3n) is 4.91. The highest BCUT2D eigenvalue weighted by Gasteiger charge is 2.24. The number of carbonyl (C=O) groups is 1. The molecule has 3 aromatic rings. The molecule has 0 radical (unpaired) electrons. The Morgan fingerprint density at radius 1 is 1.11 bits per heavy atom. The summed E-state index contributed by atoms with van der Waals surface area (Å²) in [4.78, 5) is 32.4. The van der Waals surface area contributed by atoms with Crippen molar-refractivity contribution < 1.29 is 4.79 Å². The van der Waals surface area contributed by atoms with Gasteiger partial charge < -0.3 is 4.90 Å².